The summed E-state index contributed by atoms with van der Waals surface area (Å²) in [7, 11) is 0. The molecule has 3 nitrogen and oxygen atoms in total. The van der Waals surface area contributed by atoms with Crippen molar-refractivity contribution in [3.05, 3.63) is 40.1 Å². The zero-order valence-corrected chi connectivity index (χ0v) is 9.55. The number of anilines is 1. The van der Waals surface area contributed by atoms with Gasteiger partial charge >= 0.3 is 0 Å². The van der Waals surface area contributed by atoms with Gasteiger partial charge in [0, 0.05) is 36.9 Å². The van der Waals surface area contributed by atoms with E-state index < -0.39 is 0 Å². The van der Waals surface area contributed by atoms with Gasteiger partial charge in [0.05, 0.1) is 15.7 Å². The Morgan fingerprint density at radius 2 is 2.33 bits per heavy atom. The van der Waals surface area contributed by atoms with Crippen LogP contribution in [0.5, 0.6) is 0 Å². The van der Waals surface area contributed by atoms with Crippen molar-refractivity contribution in [1.29, 1.82) is 0 Å². The standard InChI is InChI=1S/C10H10ClN3S/c11-8-7-12-3-1-9(8)13-4-2-10-14-5-6-15-10/h1,3,5-7H,2,4H2,(H,12,13). The van der Waals surface area contributed by atoms with Gasteiger partial charge in [-0.25, -0.2) is 4.98 Å². The summed E-state index contributed by atoms with van der Waals surface area (Å²) < 4.78 is 0. The van der Waals surface area contributed by atoms with Gasteiger partial charge in [-0.1, -0.05) is 11.6 Å². The first-order valence-corrected chi connectivity index (χ1v) is 5.84. The van der Waals surface area contributed by atoms with Crippen LogP contribution in [0.3, 0.4) is 0 Å². The number of pyridine rings is 1. The molecule has 78 valence electrons. The molecule has 0 aromatic carbocycles. The molecule has 0 spiro atoms. The Labute approximate surface area is 97.2 Å². The van der Waals surface area contributed by atoms with E-state index in [1.807, 2.05) is 17.6 Å². The van der Waals surface area contributed by atoms with Crippen molar-refractivity contribution in [1.82, 2.24) is 9.97 Å². The van der Waals surface area contributed by atoms with E-state index in [1.54, 1.807) is 23.7 Å². The summed E-state index contributed by atoms with van der Waals surface area (Å²) in [6.07, 6.45) is 6.08. The zero-order valence-electron chi connectivity index (χ0n) is 7.98. The van der Waals surface area contributed by atoms with Crippen LogP contribution in [-0.2, 0) is 6.42 Å². The lowest BCUT2D eigenvalue weighted by atomic mass is 10.3. The lowest BCUT2D eigenvalue weighted by molar-refractivity contribution is 0.997. The van der Waals surface area contributed by atoms with E-state index in [4.69, 9.17) is 11.6 Å². The van der Waals surface area contributed by atoms with Crippen molar-refractivity contribution >= 4 is 28.6 Å². The summed E-state index contributed by atoms with van der Waals surface area (Å²) in [5, 5.41) is 7.01. The third kappa shape index (κ3) is 2.91. The second kappa shape index (κ2) is 5.09. The summed E-state index contributed by atoms with van der Waals surface area (Å²) >= 11 is 7.61. The van der Waals surface area contributed by atoms with Crippen molar-refractivity contribution in [2.45, 2.75) is 6.42 Å². The van der Waals surface area contributed by atoms with Crippen LogP contribution in [0, 0.1) is 0 Å². The average molecular weight is 240 g/mol. The Morgan fingerprint density at radius 3 is 3.07 bits per heavy atom. The number of hydrogen-bond acceptors (Lipinski definition) is 4. The minimum Gasteiger partial charge on any atom is -0.383 e. The minimum atomic E-state index is 0.650. The van der Waals surface area contributed by atoms with Gasteiger partial charge < -0.3 is 5.32 Å². The van der Waals surface area contributed by atoms with E-state index in [2.05, 4.69) is 15.3 Å². The minimum absolute atomic E-state index is 0.650. The quantitative estimate of drug-likeness (QED) is 0.892. The highest BCUT2D eigenvalue weighted by atomic mass is 35.5. The molecule has 0 saturated carbocycles. The van der Waals surface area contributed by atoms with E-state index >= 15 is 0 Å². The average Bonchev–Trinajstić information content (AvgIpc) is 2.74. The molecule has 0 atom stereocenters. The van der Waals surface area contributed by atoms with Crippen LogP contribution >= 0.6 is 22.9 Å². The molecule has 2 heterocycles. The smallest absolute Gasteiger partial charge is 0.0942 e. The highest BCUT2D eigenvalue weighted by Gasteiger charge is 1.99. The number of nitrogens with one attached hydrogen (secondary N) is 1. The molecule has 15 heavy (non-hydrogen) atoms. The number of nitrogens with zero attached hydrogens (tertiary/aromatic N) is 2. The molecule has 0 fully saturated rings. The fourth-order valence-corrected chi connectivity index (χ4v) is 2.01. The van der Waals surface area contributed by atoms with Gasteiger partial charge in [0.15, 0.2) is 0 Å². The first kappa shape index (κ1) is 10.4. The summed E-state index contributed by atoms with van der Waals surface area (Å²) in [5.74, 6) is 0. The number of halogens is 1. The molecular weight excluding hydrogens is 230 g/mol. The molecule has 0 bridgehead atoms. The largest absolute Gasteiger partial charge is 0.383 e. The monoisotopic (exact) mass is 239 g/mol. The maximum atomic E-state index is 5.95. The van der Waals surface area contributed by atoms with Crippen LogP contribution in [0.15, 0.2) is 30.0 Å². The fourth-order valence-electron chi connectivity index (χ4n) is 1.20. The predicted molar refractivity (Wildman–Crippen MR) is 63.6 cm³/mol. The van der Waals surface area contributed by atoms with Gasteiger partial charge in [0.2, 0.25) is 0 Å². The van der Waals surface area contributed by atoms with Crippen molar-refractivity contribution in [2.75, 3.05) is 11.9 Å². The molecule has 2 aromatic heterocycles. The Bertz CT molecular complexity index is 416. The summed E-state index contributed by atoms with van der Waals surface area (Å²) in [6, 6.07) is 1.87. The number of hydrogen-bond donors (Lipinski definition) is 1. The van der Waals surface area contributed by atoms with Gasteiger partial charge in [-0.3, -0.25) is 4.98 Å². The Kier molecular flexibility index (Phi) is 3.53. The van der Waals surface area contributed by atoms with Crippen LogP contribution in [0.25, 0.3) is 0 Å². The van der Waals surface area contributed by atoms with Crippen molar-refractivity contribution in [3.63, 3.8) is 0 Å². The third-order valence-electron chi connectivity index (χ3n) is 1.91. The topological polar surface area (TPSA) is 37.8 Å². The van der Waals surface area contributed by atoms with Crippen molar-refractivity contribution < 1.29 is 0 Å². The first-order chi connectivity index (χ1) is 7.36. The third-order valence-corrected chi connectivity index (χ3v) is 3.05. The molecule has 0 unspecified atom stereocenters. The van der Waals surface area contributed by atoms with E-state index in [1.165, 1.54) is 0 Å². The van der Waals surface area contributed by atoms with Gasteiger partial charge in [0.1, 0.15) is 0 Å². The fraction of sp³-hybridized carbons (Fsp3) is 0.200. The van der Waals surface area contributed by atoms with E-state index in [0.717, 1.165) is 23.7 Å². The highest BCUT2D eigenvalue weighted by Crippen LogP contribution is 2.18. The van der Waals surface area contributed by atoms with Crippen molar-refractivity contribution in [2.24, 2.45) is 0 Å². The van der Waals surface area contributed by atoms with Gasteiger partial charge in [-0.15, -0.1) is 11.3 Å². The van der Waals surface area contributed by atoms with Crippen LogP contribution in [-0.4, -0.2) is 16.5 Å². The molecule has 2 rings (SSSR count). The summed E-state index contributed by atoms with van der Waals surface area (Å²) in [6.45, 7) is 0.831. The maximum Gasteiger partial charge on any atom is 0.0942 e. The number of thiazole rings is 1. The molecule has 2 aromatic rings. The molecule has 0 amide bonds. The second-order valence-electron chi connectivity index (χ2n) is 2.96. The molecule has 0 saturated heterocycles. The normalized spacial score (nSPS) is 10.2. The van der Waals surface area contributed by atoms with Gasteiger partial charge in [-0.2, -0.15) is 0 Å². The maximum absolute atomic E-state index is 5.95. The lowest BCUT2D eigenvalue weighted by Crippen LogP contribution is -2.04. The first-order valence-electron chi connectivity index (χ1n) is 4.58. The zero-order chi connectivity index (χ0) is 10.5. The van der Waals surface area contributed by atoms with Crippen molar-refractivity contribution in [3.8, 4) is 0 Å². The van der Waals surface area contributed by atoms with Crippen LogP contribution in [0.4, 0.5) is 5.69 Å². The van der Waals surface area contributed by atoms with Crippen LogP contribution in [0.2, 0.25) is 5.02 Å². The van der Waals surface area contributed by atoms with E-state index in [-0.39, 0.29) is 0 Å². The van der Waals surface area contributed by atoms with Gasteiger partial charge in [-0.05, 0) is 6.07 Å². The Balaban J connectivity index is 1.86. The number of aromatic nitrogens is 2. The summed E-state index contributed by atoms with van der Waals surface area (Å²) in [5.41, 5.74) is 0.920. The molecule has 0 aliphatic carbocycles. The number of rotatable bonds is 4. The SMILES string of the molecule is Clc1cnccc1NCCc1nccs1. The highest BCUT2D eigenvalue weighted by molar-refractivity contribution is 7.09. The van der Waals surface area contributed by atoms with E-state index in [0.29, 0.717) is 5.02 Å². The molecule has 0 aliphatic rings. The summed E-state index contributed by atoms with van der Waals surface area (Å²) in [4.78, 5) is 8.12. The molecule has 1 N–H and O–H groups in total. The second-order valence-corrected chi connectivity index (χ2v) is 4.34. The molecule has 0 radical (unpaired) electrons. The van der Waals surface area contributed by atoms with Gasteiger partial charge in [0.25, 0.3) is 0 Å². The lowest BCUT2D eigenvalue weighted by Gasteiger charge is -2.05. The Hall–Kier alpha value is -1.13. The predicted octanol–water partition coefficient (Wildman–Crippen LogP) is 2.85. The Morgan fingerprint density at radius 1 is 1.40 bits per heavy atom. The molecule has 5 heteroatoms. The van der Waals surface area contributed by atoms with Crippen LogP contribution < -0.4 is 5.32 Å². The van der Waals surface area contributed by atoms with E-state index in [9.17, 15) is 0 Å². The molecule has 0 aliphatic heterocycles. The van der Waals surface area contributed by atoms with Crippen LogP contribution in [0.1, 0.15) is 5.01 Å². The molecular formula is C10H10ClN3S.